The Morgan fingerprint density at radius 2 is 2.04 bits per heavy atom. The first-order valence-corrected chi connectivity index (χ1v) is 8.88. The number of carbonyl (C=O) groups excluding carboxylic acids is 1. The first-order valence-electron chi connectivity index (χ1n) is 8.50. The molecule has 2 aromatic rings. The number of anilines is 1. The molecule has 1 aliphatic rings. The predicted molar refractivity (Wildman–Crippen MR) is 107 cm³/mol. The number of benzene rings is 2. The van der Waals surface area contributed by atoms with Gasteiger partial charge in [0.25, 0.3) is 5.91 Å². The van der Waals surface area contributed by atoms with Gasteiger partial charge in [0.2, 0.25) is 0 Å². The van der Waals surface area contributed by atoms with Crippen LogP contribution >= 0.6 is 11.6 Å². The number of hydrogen-bond acceptors (Lipinski definition) is 2. The molecule has 0 spiro atoms. The van der Waals surface area contributed by atoms with Crippen LogP contribution in [0.4, 0.5) is 5.69 Å². The van der Waals surface area contributed by atoms with Gasteiger partial charge in [0, 0.05) is 17.7 Å². The minimum atomic E-state index is 0.0173. The maximum Gasteiger partial charge on any atom is 0.259 e. The smallest absolute Gasteiger partial charge is 0.259 e. The minimum absolute atomic E-state index is 0.0173. The standard InChI is InChI=1S/C22H20ClNO2/c1-4-11-26-21-10-9-16(13-19(21)23)12-18-17-7-5-6-8-20(17)24(22(18)25)14-15(2)3/h1,5-10,12-13,15H,11,14H2,2-3H3/b18-12-. The van der Waals surface area contributed by atoms with E-state index in [4.69, 9.17) is 22.8 Å². The highest BCUT2D eigenvalue weighted by Gasteiger charge is 2.32. The van der Waals surface area contributed by atoms with Crippen molar-refractivity contribution in [1.29, 1.82) is 0 Å². The highest BCUT2D eigenvalue weighted by atomic mass is 35.5. The van der Waals surface area contributed by atoms with E-state index >= 15 is 0 Å². The summed E-state index contributed by atoms with van der Waals surface area (Å²) >= 11 is 6.27. The van der Waals surface area contributed by atoms with Crippen LogP contribution in [0.3, 0.4) is 0 Å². The van der Waals surface area contributed by atoms with Crippen molar-refractivity contribution in [3.05, 3.63) is 58.6 Å². The minimum Gasteiger partial charge on any atom is -0.479 e. The van der Waals surface area contributed by atoms with Gasteiger partial charge in [-0.05, 0) is 35.8 Å². The molecule has 3 rings (SSSR count). The summed E-state index contributed by atoms with van der Waals surface area (Å²) in [5, 5.41) is 0.465. The lowest BCUT2D eigenvalue weighted by molar-refractivity contribution is -0.113. The lowest BCUT2D eigenvalue weighted by Crippen LogP contribution is -2.30. The summed E-state index contributed by atoms with van der Waals surface area (Å²) < 4.78 is 5.39. The summed E-state index contributed by atoms with van der Waals surface area (Å²) in [6.07, 6.45) is 7.08. The fourth-order valence-corrected chi connectivity index (χ4v) is 3.25. The fraction of sp³-hybridized carbons (Fsp3) is 0.227. The Kier molecular flexibility index (Phi) is 5.35. The van der Waals surface area contributed by atoms with E-state index < -0.39 is 0 Å². The Labute approximate surface area is 159 Å². The molecule has 0 aromatic heterocycles. The lowest BCUT2D eigenvalue weighted by atomic mass is 10.0. The van der Waals surface area contributed by atoms with E-state index in [0.717, 1.165) is 16.8 Å². The van der Waals surface area contributed by atoms with Crippen LogP contribution < -0.4 is 9.64 Å². The van der Waals surface area contributed by atoms with Crippen molar-refractivity contribution in [1.82, 2.24) is 0 Å². The normalized spacial score (nSPS) is 14.7. The van der Waals surface area contributed by atoms with E-state index in [1.807, 2.05) is 41.3 Å². The van der Waals surface area contributed by atoms with E-state index in [9.17, 15) is 4.79 Å². The highest BCUT2D eigenvalue weighted by molar-refractivity contribution is 6.36. The molecule has 0 atom stereocenters. The number of ether oxygens (including phenoxy) is 1. The van der Waals surface area contributed by atoms with Crippen molar-refractivity contribution in [3.8, 4) is 18.1 Å². The van der Waals surface area contributed by atoms with E-state index in [-0.39, 0.29) is 12.5 Å². The number of nitrogens with zero attached hydrogens (tertiary/aromatic N) is 1. The lowest BCUT2D eigenvalue weighted by Gasteiger charge is -2.19. The van der Waals surface area contributed by atoms with Crippen LogP contribution in [0.15, 0.2) is 42.5 Å². The average molecular weight is 366 g/mol. The molecule has 0 fully saturated rings. The third kappa shape index (κ3) is 3.61. The van der Waals surface area contributed by atoms with Gasteiger partial charge in [-0.25, -0.2) is 0 Å². The van der Waals surface area contributed by atoms with E-state index in [1.165, 1.54) is 0 Å². The molecular weight excluding hydrogens is 346 g/mol. The average Bonchev–Trinajstić information content (AvgIpc) is 2.87. The number of terminal acetylenes is 1. The topological polar surface area (TPSA) is 29.5 Å². The van der Waals surface area contributed by atoms with E-state index in [1.54, 1.807) is 12.1 Å². The fourth-order valence-electron chi connectivity index (χ4n) is 3.00. The zero-order valence-electron chi connectivity index (χ0n) is 14.8. The molecular formula is C22H20ClNO2. The number of hydrogen-bond donors (Lipinski definition) is 0. The van der Waals surface area contributed by atoms with Crippen LogP contribution in [0.25, 0.3) is 11.6 Å². The number of carbonyl (C=O) groups is 1. The van der Waals surface area contributed by atoms with Gasteiger partial charge in [0.05, 0.1) is 10.7 Å². The first kappa shape index (κ1) is 18.1. The van der Waals surface area contributed by atoms with Crippen LogP contribution in [-0.4, -0.2) is 19.1 Å². The molecule has 0 bridgehead atoms. The predicted octanol–water partition coefficient (Wildman–Crippen LogP) is 4.90. The number of para-hydroxylation sites is 1. The molecule has 0 radical (unpaired) electrons. The second-order valence-electron chi connectivity index (χ2n) is 6.57. The zero-order valence-corrected chi connectivity index (χ0v) is 15.6. The van der Waals surface area contributed by atoms with Crippen LogP contribution in [-0.2, 0) is 4.79 Å². The number of fused-ring (bicyclic) bond motifs is 1. The van der Waals surface area contributed by atoms with Crippen LogP contribution in [0.1, 0.15) is 25.0 Å². The molecule has 0 saturated carbocycles. The summed E-state index contributed by atoms with van der Waals surface area (Å²) in [5.74, 6) is 3.34. The SMILES string of the molecule is C#CCOc1ccc(/C=C2\C(=O)N(CC(C)C)c3ccccc32)cc1Cl. The zero-order chi connectivity index (χ0) is 18.7. The molecule has 3 nitrogen and oxygen atoms in total. The van der Waals surface area contributed by atoms with Gasteiger partial charge >= 0.3 is 0 Å². The van der Waals surface area contributed by atoms with Crippen LogP contribution in [0.2, 0.25) is 5.02 Å². The molecule has 132 valence electrons. The maximum atomic E-state index is 13.0. The number of amides is 1. The Morgan fingerprint density at radius 3 is 2.73 bits per heavy atom. The summed E-state index contributed by atoms with van der Waals surface area (Å²) in [7, 11) is 0. The monoisotopic (exact) mass is 365 g/mol. The molecule has 0 unspecified atom stereocenters. The van der Waals surface area contributed by atoms with E-state index in [0.29, 0.717) is 28.8 Å². The van der Waals surface area contributed by atoms with Crippen LogP contribution in [0, 0.1) is 18.3 Å². The molecule has 0 saturated heterocycles. The van der Waals surface area contributed by atoms with Gasteiger partial charge in [-0.3, -0.25) is 4.79 Å². The first-order chi connectivity index (χ1) is 12.5. The molecule has 0 N–H and O–H groups in total. The third-order valence-corrected chi connectivity index (χ3v) is 4.38. The van der Waals surface area contributed by atoms with Gasteiger partial charge in [-0.2, -0.15) is 0 Å². The summed E-state index contributed by atoms with van der Waals surface area (Å²) in [6, 6.07) is 13.3. The summed E-state index contributed by atoms with van der Waals surface area (Å²) in [6.45, 7) is 5.06. The molecule has 26 heavy (non-hydrogen) atoms. The second kappa shape index (κ2) is 7.68. The number of halogens is 1. The Balaban J connectivity index is 1.97. The molecule has 4 heteroatoms. The van der Waals surface area contributed by atoms with Crippen molar-refractivity contribution in [2.24, 2.45) is 5.92 Å². The molecule has 1 heterocycles. The van der Waals surface area contributed by atoms with Gasteiger partial charge < -0.3 is 9.64 Å². The maximum absolute atomic E-state index is 13.0. The Bertz CT molecular complexity index is 909. The largest absolute Gasteiger partial charge is 0.479 e. The van der Waals surface area contributed by atoms with Gasteiger partial charge in [0.15, 0.2) is 0 Å². The quantitative estimate of drug-likeness (QED) is 0.557. The van der Waals surface area contributed by atoms with Crippen molar-refractivity contribution >= 4 is 34.8 Å². The van der Waals surface area contributed by atoms with Crippen molar-refractivity contribution in [2.45, 2.75) is 13.8 Å². The van der Waals surface area contributed by atoms with Crippen LogP contribution in [0.5, 0.6) is 5.75 Å². The Hall–Kier alpha value is -2.70. The Morgan fingerprint density at radius 1 is 1.27 bits per heavy atom. The molecule has 1 amide bonds. The summed E-state index contributed by atoms with van der Waals surface area (Å²) in [5.41, 5.74) is 3.42. The third-order valence-electron chi connectivity index (χ3n) is 4.09. The van der Waals surface area contributed by atoms with Gasteiger partial charge in [-0.1, -0.05) is 55.6 Å². The van der Waals surface area contributed by atoms with Crippen molar-refractivity contribution in [2.75, 3.05) is 18.1 Å². The van der Waals surface area contributed by atoms with Crippen molar-refractivity contribution < 1.29 is 9.53 Å². The molecule has 0 aliphatic carbocycles. The second-order valence-corrected chi connectivity index (χ2v) is 6.97. The molecule has 2 aromatic carbocycles. The summed E-state index contributed by atoms with van der Waals surface area (Å²) in [4.78, 5) is 14.8. The molecule has 1 aliphatic heterocycles. The van der Waals surface area contributed by atoms with Gasteiger partial charge in [0.1, 0.15) is 12.4 Å². The number of rotatable bonds is 5. The van der Waals surface area contributed by atoms with E-state index in [2.05, 4.69) is 19.8 Å². The van der Waals surface area contributed by atoms with Crippen molar-refractivity contribution in [3.63, 3.8) is 0 Å². The van der Waals surface area contributed by atoms with Gasteiger partial charge in [-0.15, -0.1) is 6.42 Å². The highest BCUT2D eigenvalue weighted by Crippen LogP contribution is 2.38.